The molecule has 0 unspecified atom stereocenters. The highest BCUT2D eigenvalue weighted by molar-refractivity contribution is 5.89. The fourth-order valence-corrected chi connectivity index (χ4v) is 2.05. The first-order chi connectivity index (χ1) is 9.34. The molecule has 100 valence electrons. The van der Waals surface area contributed by atoms with E-state index in [0.29, 0.717) is 25.3 Å². The summed E-state index contributed by atoms with van der Waals surface area (Å²) >= 11 is 0. The molecule has 2 aromatic rings. The molecule has 0 amide bonds. The molecule has 1 aromatic carbocycles. The topological polar surface area (TPSA) is 44.1 Å². The number of cyclic esters (lactones) is 1. The van der Waals surface area contributed by atoms with E-state index in [1.165, 1.54) is 0 Å². The molecule has 19 heavy (non-hydrogen) atoms. The number of nitrogens with zero attached hydrogens (tertiary/aromatic N) is 2. The van der Waals surface area contributed by atoms with Crippen molar-refractivity contribution in [3.63, 3.8) is 0 Å². The van der Waals surface area contributed by atoms with Gasteiger partial charge in [-0.05, 0) is 5.56 Å². The first-order valence-electron chi connectivity index (χ1n) is 6.59. The Balaban J connectivity index is 0.000000637. The molecule has 0 spiro atoms. The van der Waals surface area contributed by atoms with Crippen molar-refractivity contribution in [2.45, 2.75) is 26.8 Å². The molecule has 0 saturated carbocycles. The van der Waals surface area contributed by atoms with Crippen LogP contribution in [-0.4, -0.2) is 22.1 Å². The number of benzene rings is 1. The minimum atomic E-state index is -0.264. The first kappa shape index (κ1) is 13.3. The van der Waals surface area contributed by atoms with Crippen LogP contribution in [0.4, 0.5) is 0 Å². The lowest BCUT2D eigenvalue weighted by atomic mass is 10.2. The molecule has 0 fully saturated rings. The van der Waals surface area contributed by atoms with E-state index < -0.39 is 0 Å². The Hall–Kier alpha value is -2.10. The Morgan fingerprint density at radius 1 is 1.26 bits per heavy atom. The summed E-state index contributed by atoms with van der Waals surface area (Å²) in [6, 6.07) is 10.00. The second-order valence-electron chi connectivity index (χ2n) is 4.04. The molecular weight excluding hydrogens is 240 g/mol. The van der Waals surface area contributed by atoms with Crippen molar-refractivity contribution in [3.05, 3.63) is 53.6 Å². The lowest BCUT2D eigenvalue weighted by Gasteiger charge is -2.13. The van der Waals surface area contributed by atoms with Gasteiger partial charge in [-0.2, -0.15) is 0 Å². The third kappa shape index (κ3) is 2.84. The average Bonchev–Trinajstić information content (AvgIpc) is 2.87. The summed E-state index contributed by atoms with van der Waals surface area (Å²) in [4.78, 5) is 15.9. The SMILES string of the molecule is CC.O=C1OCCc2ncn(Cc3ccccc3)c21. The lowest BCUT2D eigenvalue weighted by Crippen LogP contribution is -2.21. The van der Waals surface area contributed by atoms with Crippen LogP contribution in [0.25, 0.3) is 0 Å². The number of rotatable bonds is 2. The van der Waals surface area contributed by atoms with Gasteiger partial charge in [-0.1, -0.05) is 44.2 Å². The predicted octanol–water partition coefficient (Wildman–Crippen LogP) is 2.67. The van der Waals surface area contributed by atoms with Gasteiger partial charge in [-0.25, -0.2) is 9.78 Å². The Kier molecular flexibility index (Phi) is 4.34. The quantitative estimate of drug-likeness (QED) is 0.778. The van der Waals surface area contributed by atoms with Crippen LogP contribution in [0.3, 0.4) is 0 Å². The summed E-state index contributed by atoms with van der Waals surface area (Å²) in [7, 11) is 0. The van der Waals surface area contributed by atoms with Crippen molar-refractivity contribution in [1.82, 2.24) is 9.55 Å². The van der Waals surface area contributed by atoms with Crippen LogP contribution in [0, 0.1) is 0 Å². The van der Waals surface area contributed by atoms with Gasteiger partial charge in [0.1, 0.15) is 0 Å². The molecule has 1 aliphatic rings. The number of aromatic nitrogens is 2. The van der Waals surface area contributed by atoms with E-state index >= 15 is 0 Å². The number of esters is 1. The van der Waals surface area contributed by atoms with Gasteiger partial charge < -0.3 is 9.30 Å². The maximum atomic E-state index is 11.7. The zero-order valence-corrected chi connectivity index (χ0v) is 11.3. The van der Waals surface area contributed by atoms with Gasteiger partial charge in [0.2, 0.25) is 0 Å². The standard InChI is InChI=1S/C13H12N2O2.C2H6/c16-13-12-11(6-7-17-13)14-9-15(12)8-10-4-2-1-3-5-10;1-2/h1-5,9H,6-8H2;1-2H3. The smallest absolute Gasteiger partial charge is 0.356 e. The van der Waals surface area contributed by atoms with E-state index in [0.717, 1.165) is 11.3 Å². The zero-order chi connectivity index (χ0) is 13.7. The van der Waals surface area contributed by atoms with Gasteiger partial charge in [-0.15, -0.1) is 0 Å². The Morgan fingerprint density at radius 3 is 2.74 bits per heavy atom. The van der Waals surface area contributed by atoms with Crippen LogP contribution >= 0.6 is 0 Å². The molecule has 2 heterocycles. The van der Waals surface area contributed by atoms with Gasteiger partial charge in [0.05, 0.1) is 18.6 Å². The van der Waals surface area contributed by atoms with Crippen molar-refractivity contribution >= 4 is 5.97 Å². The van der Waals surface area contributed by atoms with Gasteiger partial charge in [-0.3, -0.25) is 0 Å². The third-order valence-electron chi connectivity index (χ3n) is 2.87. The zero-order valence-electron chi connectivity index (χ0n) is 11.3. The van der Waals surface area contributed by atoms with E-state index in [2.05, 4.69) is 4.98 Å². The fraction of sp³-hybridized carbons (Fsp3) is 0.333. The molecule has 1 aromatic heterocycles. The summed E-state index contributed by atoms with van der Waals surface area (Å²) < 4.78 is 6.89. The number of hydrogen-bond acceptors (Lipinski definition) is 3. The van der Waals surface area contributed by atoms with Crippen LogP contribution < -0.4 is 0 Å². The minimum Gasteiger partial charge on any atom is -0.461 e. The number of ether oxygens (including phenoxy) is 1. The molecule has 0 radical (unpaired) electrons. The van der Waals surface area contributed by atoms with Crippen LogP contribution in [0.1, 0.15) is 35.6 Å². The molecular formula is C15H18N2O2. The molecule has 0 aliphatic carbocycles. The molecule has 1 aliphatic heterocycles. The van der Waals surface area contributed by atoms with E-state index in [1.807, 2.05) is 48.7 Å². The van der Waals surface area contributed by atoms with Crippen LogP contribution in [0.5, 0.6) is 0 Å². The fourth-order valence-electron chi connectivity index (χ4n) is 2.05. The Bertz CT molecular complexity index is 547. The van der Waals surface area contributed by atoms with Crippen molar-refractivity contribution in [2.24, 2.45) is 0 Å². The van der Waals surface area contributed by atoms with Crippen molar-refractivity contribution in [2.75, 3.05) is 6.61 Å². The van der Waals surface area contributed by atoms with Crippen molar-refractivity contribution < 1.29 is 9.53 Å². The highest BCUT2D eigenvalue weighted by Gasteiger charge is 2.24. The second-order valence-corrected chi connectivity index (χ2v) is 4.04. The average molecular weight is 258 g/mol. The first-order valence-corrected chi connectivity index (χ1v) is 6.59. The molecule has 0 N–H and O–H groups in total. The van der Waals surface area contributed by atoms with Gasteiger partial charge in [0.15, 0.2) is 5.69 Å². The molecule has 0 atom stereocenters. The molecule has 0 saturated heterocycles. The highest BCUT2D eigenvalue weighted by Crippen LogP contribution is 2.16. The predicted molar refractivity (Wildman–Crippen MR) is 73.1 cm³/mol. The van der Waals surface area contributed by atoms with Crippen LogP contribution in [0.15, 0.2) is 36.7 Å². The van der Waals surface area contributed by atoms with E-state index in [4.69, 9.17) is 4.74 Å². The number of hydrogen-bond donors (Lipinski definition) is 0. The largest absolute Gasteiger partial charge is 0.461 e. The van der Waals surface area contributed by atoms with Gasteiger partial charge >= 0.3 is 5.97 Å². The number of imidazole rings is 1. The van der Waals surface area contributed by atoms with E-state index in [1.54, 1.807) is 6.33 Å². The summed E-state index contributed by atoms with van der Waals surface area (Å²) in [5.74, 6) is -0.264. The monoisotopic (exact) mass is 258 g/mol. The van der Waals surface area contributed by atoms with Crippen molar-refractivity contribution in [3.8, 4) is 0 Å². The maximum absolute atomic E-state index is 11.7. The molecule has 4 heteroatoms. The summed E-state index contributed by atoms with van der Waals surface area (Å²) in [6.07, 6.45) is 2.42. The Morgan fingerprint density at radius 2 is 2.00 bits per heavy atom. The van der Waals surface area contributed by atoms with Gasteiger partial charge in [0, 0.05) is 13.0 Å². The van der Waals surface area contributed by atoms with E-state index in [9.17, 15) is 4.79 Å². The molecule has 0 bridgehead atoms. The molecule has 3 rings (SSSR count). The lowest BCUT2D eigenvalue weighted by molar-refractivity contribution is 0.0465. The summed E-state index contributed by atoms with van der Waals surface area (Å²) in [5.41, 5.74) is 2.59. The number of fused-ring (bicyclic) bond motifs is 1. The van der Waals surface area contributed by atoms with Crippen molar-refractivity contribution in [1.29, 1.82) is 0 Å². The van der Waals surface area contributed by atoms with Crippen LogP contribution in [0.2, 0.25) is 0 Å². The normalized spacial score (nSPS) is 13.1. The second kappa shape index (κ2) is 6.18. The number of carbonyl (C=O) groups excluding carboxylic acids is 1. The van der Waals surface area contributed by atoms with Crippen LogP contribution in [-0.2, 0) is 17.7 Å². The minimum absolute atomic E-state index is 0.264. The maximum Gasteiger partial charge on any atom is 0.356 e. The molecule has 4 nitrogen and oxygen atoms in total. The highest BCUT2D eigenvalue weighted by atomic mass is 16.5. The van der Waals surface area contributed by atoms with E-state index in [-0.39, 0.29) is 5.97 Å². The summed E-state index contributed by atoms with van der Waals surface area (Å²) in [6.45, 7) is 5.09. The van der Waals surface area contributed by atoms with Gasteiger partial charge in [0.25, 0.3) is 0 Å². The summed E-state index contributed by atoms with van der Waals surface area (Å²) in [5, 5.41) is 0. The Labute approximate surface area is 113 Å². The third-order valence-corrected chi connectivity index (χ3v) is 2.87. The number of carbonyl (C=O) groups is 1.